The number of hydrogen-bond acceptors (Lipinski definition) is 3. The van der Waals surface area contributed by atoms with Crippen LogP contribution < -0.4 is 5.73 Å². The fourth-order valence-electron chi connectivity index (χ4n) is 1.62. The van der Waals surface area contributed by atoms with E-state index in [2.05, 4.69) is 4.98 Å². The molecule has 0 fully saturated rings. The Bertz CT molecular complexity index is 580. The molecule has 0 aliphatic heterocycles. The third-order valence-corrected chi connectivity index (χ3v) is 2.77. The van der Waals surface area contributed by atoms with Crippen LogP contribution in [-0.4, -0.2) is 9.55 Å². The van der Waals surface area contributed by atoms with Crippen molar-refractivity contribution in [3.05, 3.63) is 47.0 Å². The minimum Gasteiger partial charge on any atom is -0.323 e. The van der Waals surface area contributed by atoms with Gasteiger partial charge in [-0.2, -0.15) is 5.26 Å². The summed E-state index contributed by atoms with van der Waals surface area (Å²) in [5.41, 5.74) is 8.02. The van der Waals surface area contributed by atoms with E-state index in [9.17, 15) is 0 Å². The Hall–Kier alpha value is -1.83. The van der Waals surface area contributed by atoms with Crippen LogP contribution in [-0.2, 0) is 0 Å². The van der Waals surface area contributed by atoms with Gasteiger partial charge in [-0.25, -0.2) is 4.98 Å². The zero-order valence-corrected chi connectivity index (χ0v) is 10.0. The van der Waals surface area contributed by atoms with Gasteiger partial charge >= 0.3 is 0 Å². The summed E-state index contributed by atoms with van der Waals surface area (Å²) in [5, 5.41) is 9.28. The average Bonchev–Trinajstić information content (AvgIpc) is 2.77. The number of aromatic nitrogens is 2. The van der Waals surface area contributed by atoms with Gasteiger partial charge in [-0.3, -0.25) is 0 Å². The van der Waals surface area contributed by atoms with Gasteiger partial charge in [-0.05, 0) is 25.1 Å². The van der Waals surface area contributed by atoms with E-state index in [4.69, 9.17) is 22.6 Å². The monoisotopic (exact) mass is 246 g/mol. The first-order valence-electron chi connectivity index (χ1n) is 5.11. The van der Waals surface area contributed by atoms with Crippen molar-refractivity contribution >= 4 is 11.6 Å². The zero-order valence-electron chi connectivity index (χ0n) is 9.26. The van der Waals surface area contributed by atoms with Crippen LogP contribution in [0.3, 0.4) is 0 Å². The maximum Gasteiger partial charge on any atom is 0.0995 e. The predicted octanol–water partition coefficient (Wildman–Crippen LogP) is 2.42. The summed E-state index contributed by atoms with van der Waals surface area (Å²) < 4.78 is 1.83. The molecule has 1 aromatic carbocycles. The molecule has 0 bridgehead atoms. The molecule has 0 saturated carbocycles. The molecule has 86 valence electrons. The van der Waals surface area contributed by atoms with Gasteiger partial charge in [-0.15, -0.1) is 0 Å². The lowest BCUT2D eigenvalue weighted by atomic mass is 10.2. The number of benzene rings is 1. The van der Waals surface area contributed by atoms with Crippen molar-refractivity contribution in [1.82, 2.24) is 9.55 Å². The summed E-state index contributed by atoms with van der Waals surface area (Å²) in [6, 6.07) is 7.04. The van der Waals surface area contributed by atoms with E-state index in [1.54, 1.807) is 30.7 Å². The van der Waals surface area contributed by atoms with Crippen molar-refractivity contribution in [3.8, 4) is 11.8 Å². The number of nitrogens with zero attached hydrogens (tertiary/aromatic N) is 3. The molecule has 0 amide bonds. The lowest BCUT2D eigenvalue weighted by Gasteiger charge is -2.12. The Balaban J connectivity index is 2.54. The van der Waals surface area contributed by atoms with Gasteiger partial charge in [0.05, 0.1) is 40.6 Å². The van der Waals surface area contributed by atoms with E-state index in [0.29, 0.717) is 10.6 Å². The van der Waals surface area contributed by atoms with Crippen molar-refractivity contribution < 1.29 is 0 Å². The van der Waals surface area contributed by atoms with Crippen molar-refractivity contribution in [2.75, 3.05) is 0 Å². The van der Waals surface area contributed by atoms with Gasteiger partial charge in [0, 0.05) is 6.04 Å². The molecule has 4 nitrogen and oxygen atoms in total. The lowest BCUT2D eigenvalue weighted by molar-refractivity contribution is 0.752. The van der Waals surface area contributed by atoms with Crippen LogP contribution in [0.4, 0.5) is 0 Å². The second-order valence-electron chi connectivity index (χ2n) is 3.76. The molecule has 0 radical (unpaired) electrons. The highest BCUT2D eigenvalue weighted by Crippen LogP contribution is 2.24. The second kappa shape index (κ2) is 4.58. The minimum absolute atomic E-state index is 0.135. The van der Waals surface area contributed by atoms with Crippen molar-refractivity contribution in [1.29, 1.82) is 5.26 Å². The zero-order chi connectivity index (χ0) is 12.4. The molecular formula is C12H11ClN4. The quantitative estimate of drug-likeness (QED) is 0.885. The Labute approximate surface area is 104 Å². The maximum atomic E-state index is 8.78. The van der Waals surface area contributed by atoms with Crippen molar-refractivity contribution in [2.45, 2.75) is 13.0 Å². The Morgan fingerprint density at radius 2 is 2.29 bits per heavy atom. The molecular weight excluding hydrogens is 236 g/mol. The molecule has 0 aliphatic carbocycles. The standard InChI is InChI=1S/C12H11ClN4/c1-8(15)12-6-16-7-17(12)11-3-2-9(5-14)4-10(11)13/h2-4,6-8H,15H2,1H3/t8-/m1/s1. The molecule has 0 spiro atoms. The first-order chi connectivity index (χ1) is 8.13. The van der Waals surface area contributed by atoms with Gasteiger partial charge < -0.3 is 10.3 Å². The number of nitrogens with two attached hydrogens (primary N) is 1. The largest absolute Gasteiger partial charge is 0.323 e. The average molecular weight is 247 g/mol. The number of imidazole rings is 1. The third-order valence-electron chi connectivity index (χ3n) is 2.47. The van der Waals surface area contributed by atoms with E-state index in [-0.39, 0.29) is 6.04 Å². The van der Waals surface area contributed by atoms with Gasteiger partial charge in [0.2, 0.25) is 0 Å². The minimum atomic E-state index is -0.135. The van der Waals surface area contributed by atoms with E-state index >= 15 is 0 Å². The Kier molecular flexibility index (Phi) is 3.14. The normalized spacial score (nSPS) is 12.1. The first kappa shape index (κ1) is 11.6. The molecule has 0 unspecified atom stereocenters. The summed E-state index contributed by atoms with van der Waals surface area (Å²) in [6.45, 7) is 1.88. The Morgan fingerprint density at radius 3 is 2.88 bits per heavy atom. The van der Waals surface area contributed by atoms with Crippen LogP contribution in [0.15, 0.2) is 30.7 Å². The van der Waals surface area contributed by atoms with Crippen LogP contribution >= 0.6 is 11.6 Å². The first-order valence-corrected chi connectivity index (χ1v) is 5.49. The summed E-state index contributed by atoms with van der Waals surface area (Å²) in [4.78, 5) is 4.06. The van der Waals surface area contributed by atoms with Gasteiger partial charge in [0.1, 0.15) is 0 Å². The molecule has 5 heteroatoms. The van der Waals surface area contributed by atoms with Crippen molar-refractivity contribution in [2.24, 2.45) is 5.73 Å². The predicted molar refractivity (Wildman–Crippen MR) is 65.9 cm³/mol. The molecule has 1 atom stereocenters. The number of halogens is 1. The van der Waals surface area contributed by atoms with Crippen LogP contribution in [0.2, 0.25) is 5.02 Å². The molecule has 2 N–H and O–H groups in total. The lowest BCUT2D eigenvalue weighted by Crippen LogP contribution is -2.10. The maximum absolute atomic E-state index is 8.78. The molecule has 0 saturated heterocycles. The van der Waals surface area contributed by atoms with Gasteiger partial charge in [0.15, 0.2) is 0 Å². The SMILES string of the molecule is C[C@@H](N)c1cncn1-c1ccc(C#N)cc1Cl. The molecule has 2 aromatic rings. The highest BCUT2D eigenvalue weighted by atomic mass is 35.5. The highest BCUT2D eigenvalue weighted by molar-refractivity contribution is 6.32. The van der Waals surface area contributed by atoms with Crippen LogP contribution in [0, 0.1) is 11.3 Å². The summed E-state index contributed by atoms with van der Waals surface area (Å²) >= 11 is 6.14. The molecule has 17 heavy (non-hydrogen) atoms. The molecule has 1 heterocycles. The number of nitriles is 1. The molecule has 2 rings (SSSR count). The fraction of sp³-hybridized carbons (Fsp3) is 0.167. The highest BCUT2D eigenvalue weighted by Gasteiger charge is 2.11. The molecule has 0 aliphatic rings. The van der Waals surface area contributed by atoms with Crippen LogP contribution in [0.5, 0.6) is 0 Å². The molecule has 1 aromatic heterocycles. The van der Waals surface area contributed by atoms with Crippen LogP contribution in [0.25, 0.3) is 5.69 Å². The summed E-state index contributed by atoms with van der Waals surface area (Å²) in [6.07, 6.45) is 3.37. The van der Waals surface area contributed by atoms with Crippen LogP contribution in [0.1, 0.15) is 24.2 Å². The third kappa shape index (κ3) is 2.16. The number of hydrogen-bond donors (Lipinski definition) is 1. The fourth-order valence-corrected chi connectivity index (χ4v) is 1.89. The van der Waals surface area contributed by atoms with E-state index in [1.165, 1.54) is 0 Å². The van der Waals surface area contributed by atoms with E-state index in [0.717, 1.165) is 11.4 Å². The summed E-state index contributed by atoms with van der Waals surface area (Å²) in [7, 11) is 0. The smallest absolute Gasteiger partial charge is 0.0995 e. The van der Waals surface area contributed by atoms with E-state index < -0.39 is 0 Å². The topological polar surface area (TPSA) is 67.6 Å². The second-order valence-corrected chi connectivity index (χ2v) is 4.16. The van der Waals surface area contributed by atoms with E-state index in [1.807, 2.05) is 17.6 Å². The number of rotatable bonds is 2. The Morgan fingerprint density at radius 1 is 1.53 bits per heavy atom. The summed E-state index contributed by atoms with van der Waals surface area (Å²) in [5.74, 6) is 0. The van der Waals surface area contributed by atoms with Gasteiger partial charge in [0.25, 0.3) is 0 Å². The van der Waals surface area contributed by atoms with Gasteiger partial charge in [-0.1, -0.05) is 11.6 Å². The van der Waals surface area contributed by atoms with Crippen molar-refractivity contribution in [3.63, 3.8) is 0 Å².